The zero-order valence-electron chi connectivity index (χ0n) is 25.8. The summed E-state index contributed by atoms with van der Waals surface area (Å²) in [5.74, 6) is -0.444. The van der Waals surface area contributed by atoms with Crippen LogP contribution in [0.3, 0.4) is 0 Å². The molecule has 0 spiro atoms. The van der Waals surface area contributed by atoms with Gasteiger partial charge in [0.15, 0.2) is 5.83 Å². The molecule has 45 heavy (non-hydrogen) atoms. The van der Waals surface area contributed by atoms with Crippen molar-refractivity contribution in [2.24, 2.45) is 11.3 Å². The van der Waals surface area contributed by atoms with Crippen molar-refractivity contribution in [3.8, 4) is 12.1 Å². The molecule has 0 unspecified atom stereocenters. The fraction of sp³-hybridized carbons (Fsp3) is 0.471. The largest absolute Gasteiger partial charge is 0.463 e. The van der Waals surface area contributed by atoms with Crippen molar-refractivity contribution < 1.29 is 18.7 Å². The quantitative estimate of drug-likeness (QED) is 0.277. The number of ether oxygens (including phenoxy) is 2. The molecule has 6 rings (SSSR count). The molecule has 1 atom stereocenters. The maximum atomic E-state index is 13.8. The summed E-state index contributed by atoms with van der Waals surface area (Å²) in [5.41, 5.74) is 2.85. The molecule has 0 N–H and O–H groups in total. The first kappa shape index (κ1) is 31.1. The van der Waals surface area contributed by atoms with Crippen molar-refractivity contribution >= 4 is 39.8 Å². The molecular weight excluding hydrogens is 595 g/mol. The number of methoxy groups -OCH3 is 1. The van der Waals surface area contributed by atoms with Crippen LogP contribution >= 0.6 is 11.6 Å². The summed E-state index contributed by atoms with van der Waals surface area (Å²) >= 11 is 6.70. The number of amides is 1. The number of fused-ring (bicyclic) bond motifs is 2. The van der Waals surface area contributed by atoms with Gasteiger partial charge in [0.05, 0.1) is 49.0 Å². The Balaban J connectivity index is 1.34. The fourth-order valence-corrected chi connectivity index (χ4v) is 7.71. The number of aromatic nitrogens is 2. The van der Waals surface area contributed by atoms with Crippen LogP contribution in [0.4, 0.5) is 15.9 Å². The number of halogens is 2. The molecule has 1 aliphatic carbocycles. The molecule has 1 aromatic heterocycles. The smallest absolute Gasteiger partial charge is 0.318 e. The van der Waals surface area contributed by atoms with Crippen molar-refractivity contribution in [2.45, 2.75) is 45.2 Å². The second kappa shape index (κ2) is 12.8. The molecule has 3 aromatic rings. The number of hydrogen-bond donors (Lipinski definition) is 0. The summed E-state index contributed by atoms with van der Waals surface area (Å²) in [7, 11) is 1.71. The fourth-order valence-electron chi connectivity index (χ4n) is 7.43. The van der Waals surface area contributed by atoms with Gasteiger partial charge in [-0.3, -0.25) is 4.79 Å². The Hall–Kier alpha value is -3.94. The number of nitrogens with zero attached hydrogens (tertiary/aromatic N) is 6. The van der Waals surface area contributed by atoms with Crippen molar-refractivity contribution in [1.29, 1.82) is 5.26 Å². The number of carbonyl (C=O) groups is 1. The number of rotatable bonds is 9. The van der Waals surface area contributed by atoms with E-state index in [9.17, 15) is 14.4 Å². The predicted octanol–water partition coefficient (Wildman–Crippen LogP) is 5.70. The van der Waals surface area contributed by atoms with Crippen LogP contribution in [0.5, 0.6) is 6.01 Å². The molecule has 0 bridgehead atoms. The van der Waals surface area contributed by atoms with Gasteiger partial charge in [0.2, 0.25) is 0 Å². The molecule has 2 fully saturated rings. The lowest BCUT2D eigenvalue weighted by Crippen LogP contribution is -2.55. The van der Waals surface area contributed by atoms with Crippen molar-refractivity contribution in [2.75, 3.05) is 56.3 Å². The van der Waals surface area contributed by atoms with Crippen LogP contribution in [0.15, 0.2) is 48.8 Å². The van der Waals surface area contributed by atoms with Gasteiger partial charge in [-0.1, -0.05) is 49.4 Å². The molecule has 11 heteroatoms. The van der Waals surface area contributed by atoms with Crippen LogP contribution in [0.25, 0.3) is 10.8 Å². The maximum absolute atomic E-state index is 13.8. The highest BCUT2D eigenvalue weighted by Gasteiger charge is 2.43. The van der Waals surface area contributed by atoms with E-state index in [0.717, 1.165) is 52.9 Å². The predicted molar refractivity (Wildman–Crippen MR) is 172 cm³/mol. The highest BCUT2D eigenvalue weighted by Crippen LogP contribution is 2.46. The lowest BCUT2D eigenvalue weighted by Gasteiger charge is -2.45. The van der Waals surface area contributed by atoms with Gasteiger partial charge in [0.1, 0.15) is 5.82 Å². The van der Waals surface area contributed by atoms with Crippen LogP contribution < -0.4 is 14.5 Å². The molecule has 0 radical (unpaired) electrons. The maximum Gasteiger partial charge on any atom is 0.318 e. The van der Waals surface area contributed by atoms with Gasteiger partial charge in [-0.15, -0.1) is 0 Å². The first-order chi connectivity index (χ1) is 21.7. The molecule has 3 heterocycles. The highest BCUT2D eigenvalue weighted by atomic mass is 35.5. The lowest BCUT2D eigenvalue weighted by atomic mass is 9.63. The first-order valence-electron chi connectivity index (χ1n) is 15.4. The minimum Gasteiger partial charge on any atom is -0.463 e. The molecule has 236 valence electrons. The Kier molecular flexibility index (Phi) is 8.85. The number of benzene rings is 2. The summed E-state index contributed by atoms with van der Waals surface area (Å²) in [6, 6.07) is 14.1. The summed E-state index contributed by atoms with van der Waals surface area (Å²) in [6.07, 6.45) is 2.78. The van der Waals surface area contributed by atoms with Crippen LogP contribution in [0, 0.1) is 22.7 Å². The zero-order chi connectivity index (χ0) is 31.7. The first-order valence-corrected chi connectivity index (χ1v) is 15.8. The molecule has 1 amide bonds. The Morgan fingerprint density at radius 3 is 2.64 bits per heavy atom. The Labute approximate surface area is 268 Å². The second-order valence-corrected chi connectivity index (χ2v) is 13.0. The topological polar surface area (TPSA) is 94.8 Å². The van der Waals surface area contributed by atoms with Gasteiger partial charge < -0.3 is 24.2 Å². The lowest BCUT2D eigenvalue weighted by molar-refractivity contribution is -0.131. The summed E-state index contributed by atoms with van der Waals surface area (Å²) in [6.45, 7) is 8.75. The normalized spacial score (nSPS) is 22.9. The third-order valence-corrected chi connectivity index (χ3v) is 9.63. The summed E-state index contributed by atoms with van der Waals surface area (Å²) in [5, 5.41) is 12.3. The third-order valence-electron chi connectivity index (χ3n) is 9.32. The molecule has 9 nitrogen and oxygen atoms in total. The van der Waals surface area contributed by atoms with E-state index in [0.29, 0.717) is 56.2 Å². The average Bonchev–Trinajstić information content (AvgIpc) is 3.02. The van der Waals surface area contributed by atoms with E-state index in [1.807, 2.05) is 18.2 Å². The third kappa shape index (κ3) is 6.16. The Morgan fingerprint density at radius 2 is 1.93 bits per heavy atom. The molecule has 3 aliphatic rings. The summed E-state index contributed by atoms with van der Waals surface area (Å²) in [4.78, 5) is 28.2. The molecule has 1 saturated heterocycles. The van der Waals surface area contributed by atoms with E-state index in [4.69, 9.17) is 31.0 Å². The number of nitriles is 1. The monoisotopic (exact) mass is 632 g/mol. The van der Waals surface area contributed by atoms with Crippen LogP contribution in [0.1, 0.15) is 37.4 Å². The zero-order valence-corrected chi connectivity index (χ0v) is 26.5. The van der Waals surface area contributed by atoms with Crippen LogP contribution in [-0.2, 0) is 22.5 Å². The SMILES string of the molecule is C=C(F)C(=O)N1CCN(c2nc(OCC3(COC)CC(C)C3)nc3c2CCN(c2cccc4cccc(Cl)c24)C3)C[C@@H]1CC#N. The van der Waals surface area contributed by atoms with E-state index >= 15 is 0 Å². The minimum atomic E-state index is -1.02. The van der Waals surface area contributed by atoms with E-state index in [1.165, 1.54) is 4.90 Å². The molecule has 1 saturated carbocycles. The summed E-state index contributed by atoms with van der Waals surface area (Å²) < 4.78 is 25.8. The second-order valence-electron chi connectivity index (χ2n) is 12.6. The van der Waals surface area contributed by atoms with Crippen molar-refractivity contribution in [1.82, 2.24) is 14.9 Å². The Morgan fingerprint density at radius 1 is 1.16 bits per heavy atom. The number of anilines is 2. The van der Waals surface area contributed by atoms with Gasteiger partial charge in [-0.05, 0) is 42.7 Å². The number of piperazine rings is 1. The van der Waals surface area contributed by atoms with Gasteiger partial charge >= 0.3 is 6.01 Å². The van der Waals surface area contributed by atoms with Crippen LogP contribution in [-0.4, -0.2) is 73.3 Å². The standard InChI is InChI=1S/C34H38ClFN6O3/c1-22-16-34(17-22,20-44-3)21-45-33-38-28-19-40(29-9-5-7-24-6-4-8-27(35)30(24)29)13-11-26(28)31(39-33)41-14-15-42(32(43)23(2)36)25(18-41)10-12-37/h4-9,22,25H,2,10-11,13-21H2,1,3H3/t22?,25-,34?/m0/s1. The number of carbonyl (C=O) groups excluding carboxylic acids is 1. The van der Waals surface area contributed by atoms with E-state index in [-0.39, 0.29) is 18.4 Å². The highest BCUT2D eigenvalue weighted by molar-refractivity contribution is 6.36. The van der Waals surface area contributed by atoms with E-state index in [2.05, 4.69) is 47.6 Å². The van der Waals surface area contributed by atoms with Crippen LogP contribution in [0.2, 0.25) is 5.02 Å². The van der Waals surface area contributed by atoms with Gasteiger partial charge in [0, 0.05) is 55.3 Å². The van der Waals surface area contributed by atoms with E-state index < -0.39 is 17.8 Å². The molecular formula is C34H38ClFN6O3. The minimum absolute atomic E-state index is 0.0689. The van der Waals surface area contributed by atoms with Crippen molar-refractivity contribution in [3.63, 3.8) is 0 Å². The van der Waals surface area contributed by atoms with Crippen molar-refractivity contribution in [3.05, 3.63) is 65.1 Å². The molecule has 2 aromatic carbocycles. The molecule has 2 aliphatic heterocycles. The van der Waals surface area contributed by atoms with E-state index in [1.54, 1.807) is 7.11 Å². The van der Waals surface area contributed by atoms with Gasteiger partial charge in [0.25, 0.3) is 5.91 Å². The van der Waals surface area contributed by atoms with Gasteiger partial charge in [-0.25, -0.2) is 4.39 Å². The Bertz CT molecular complexity index is 1640. The average molecular weight is 633 g/mol. The van der Waals surface area contributed by atoms with Gasteiger partial charge in [-0.2, -0.15) is 15.2 Å². The number of hydrogen-bond acceptors (Lipinski definition) is 8.